The van der Waals surface area contributed by atoms with Crippen molar-refractivity contribution in [2.75, 3.05) is 12.3 Å². The van der Waals surface area contributed by atoms with Crippen molar-refractivity contribution in [1.82, 2.24) is 24.7 Å². The summed E-state index contributed by atoms with van der Waals surface area (Å²) in [4.78, 5) is 19.8. The van der Waals surface area contributed by atoms with Crippen molar-refractivity contribution in [3.05, 3.63) is 16.8 Å². The third-order valence-electron chi connectivity index (χ3n) is 2.86. The van der Waals surface area contributed by atoms with Crippen LogP contribution >= 0.6 is 11.8 Å². The summed E-state index contributed by atoms with van der Waals surface area (Å²) in [5.74, 6) is 0.348. The highest BCUT2D eigenvalue weighted by Gasteiger charge is 2.29. The van der Waals surface area contributed by atoms with Crippen LogP contribution in [0.4, 0.5) is 5.69 Å². The van der Waals surface area contributed by atoms with Crippen LogP contribution < -0.4 is 16.2 Å². The molecule has 2 aromatic heterocycles. The van der Waals surface area contributed by atoms with Gasteiger partial charge in [0, 0.05) is 6.04 Å². The Labute approximate surface area is 118 Å². The fourth-order valence-electron chi connectivity index (χ4n) is 1.80. The maximum Gasteiger partial charge on any atom is 0.344 e. The number of hydrogen-bond acceptors (Lipinski definition) is 7. The number of nitrogens with one attached hydrogen (secondary N) is 1. The Morgan fingerprint density at radius 2 is 2.35 bits per heavy atom. The maximum absolute atomic E-state index is 11.7. The highest BCUT2D eigenvalue weighted by molar-refractivity contribution is 7.99. The van der Waals surface area contributed by atoms with Gasteiger partial charge in [-0.05, 0) is 31.5 Å². The lowest BCUT2D eigenvalue weighted by molar-refractivity contribution is 0.327. The predicted molar refractivity (Wildman–Crippen MR) is 72.9 cm³/mol. The zero-order chi connectivity index (χ0) is 14.1. The predicted octanol–water partition coefficient (Wildman–Crippen LogP) is 0.828. The molecule has 8 nitrogen and oxygen atoms in total. The van der Waals surface area contributed by atoms with E-state index in [2.05, 4.69) is 20.2 Å². The minimum Gasteiger partial charge on any atom is -0.476 e. The van der Waals surface area contributed by atoms with E-state index in [1.165, 1.54) is 18.1 Å². The normalized spacial score (nSPS) is 14.4. The molecule has 0 aliphatic heterocycles. The Kier molecular flexibility index (Phi) is 3.35. The Morgan fingerprint density at radius 1 is 1.55 bits per heavy atom. The molecule has 0 bridgehead atoms. The van der Waals surface area contributed by atoms with Gasteiger partial charge >= 0.3 is 5.69 Å². The molecule has 1 fully saturated rings. The van der Waals surface area contributed by atoms with Crippen molar-refractivity contribution < 1.29 is 4.74 Å². The van der Waals surface area contributed by atoms with Gasteiger partial charge in [0.2, 0.25) is 5.88 Å². The van der Waals surface area contributed by atoms with Gasteiger partial charge in [0.1, 0.15) is 17.0 Å². The zero-order valence-electron chi connectivity index (χ0n) is 10.9. The van der Waals surface area contributed by atoms with Crippen molar-refractivity contribution in [2.45, 2.75) is 36.0 Å². The summed E-state index contributed by atoms with van der Waals surface area (Å²) >= 11 is 1.23. The van der Waals surface area contributed by atoms with E-state index in [-0.39, 0.29) is 11.7 Å². The number of aromatic amines is 1. The number of nitrogens with two attached hydrogens (primary N) is 1. The molecule has 1 aliphatic carbocycles. The van der Waals surface area contributed by atoms with Gasteiger partial charge in [0.15, 0.2) is 5.16 Å². The lowest BCUT2D eigenvalue weighted by atomic mass is 10.5. The van der Waals surface area contributed by atoms with Crippen LogP contribution in [0.5, 0.6) is 5.88 Å². The van der Waals surface area contributed by atoms with E-state index in [9.17, 15) is 4.79 Å². The van der Waals surface area contributed by atoms with Crippen molar-refractivity contribution >= 4 is 17.4 Å². The minimum absolute atomic E-state index is 0.201. The number of anilines is 1. The second-order valence-electron chi connectivity index (χ2n) is 4.35. The molecule has 0 unspecified atom stereocenters. The molecular weight excluding hydrogens is 280 g/mol. The molecule has 3 rings (SSSR count). The van der Waals surface area contributed by atoms with Crippen LogP contribution in [0.1, 0.15) is 25.8 Å². The SMILES string of the molecule is CCOc1ncnc(Sc2n[nH]c(=O)n2C2CC2)c1N. The van der Waals surface area contributed by atoms with E-state index >= 15 is 0 Å². The highest BCUT2D eigenvalue weighted by atomic mass is 32.2. The lowest BCUT2D eigenvalue weighted by Gasteiger charge is -2.08. The zero-order valence-corrected chi connectivity index (χ0v) is 11.7. The van der Waals surface area contributed by atoms with Gasteiger partial charge in [-0.25, -0.2) is 14.9 Å². The van der Waals surface area contributed by atoms with Gasteiger partial charge in [-0.15, -0.1) is 5.10 Å². The van der Waals surface area contributed by atoms with Gasteiger partial charge in [-0.1, -0.05) is 0 Å². The van der Waals surface area contributed by atoms with Gasteiger partial charge < -0.3 is 10.5 Å². The van der Waals surface area contributed by atoms with E-state index in [1.807, 2.05) is 6.92 Å². The smallest absolute Gasteiger partial charge is 0.344 e. The van der Waals surface area contributed by atoms with Crippen LogP contribution in [-0.2, 0) is 0 Å². The summed E-state index contributed by atoms with van der Waals surface area (Å²) in [7, 11) is 0. The first kappa shape index (κ1) is 13.0. The van der Waals surface area contributed by atoms with Crippen LogP contribution in [-0.4, -0.2) is 31.3 Å². The average Bonchev–Trinajstić information content (AvgIpc) is 3.20. The molecule has 0 aromatic carbocycles. The minimum atomic E-state index is -0.201. The Bertz CT molecular complexity index is 678. The Hall–Kier alpha value is -2.03. The Balaban J connectivity index is 1.92. The number of H-pyrrole nitrogens is 1. The molecule has 2 heterocycles. The second-order valence-corrected chi connectivity index (χ2v) is 5.30. The molecule has 9 heteroatoms. The Morgan fingerprint density at radius 3 is 3.05 bits per heavy atom. The first-order valence-corrected chi connectivity index (χ1v) is 7.10. The van der Waals surface area contributed by atoms with E-state index in [0.717, 1.165) is 12.8 Å². The van der Waals surface area contributed by atoms with Gasteiger partial charge in [0.05, 0.1) is 6.61 Å². The molecule has 2 aromatic rings. The average molecular weight is 294 g/mol. The van der Waals surface area contributed by atoms with E-state index in [4.69, 9.17) is 10.5 Å². The molecule has 0 atom stereocenters. The molecule has 0 saturated heterocycles. The maximum atomic E-state index is 11.7. The van der Waals surface area contributed by atoms with Crippen LogP contribution in [0, 0.1) is 0 Å². The summed E-state index contributed by atoms with van der Waals surface area (Å²) in [5, 5.41) is 7.57. The summed E-state index contributed by atoms with van der Waals surface area (Å²) in [6.45, 7) is 2.33. The number of aromatic nitrogens is 5. The second kappa shape index (κ2) is 5.16. The van der Waals surface area contributed by atoms with E-state index in [1.54, 1.807) is 4.57 Å². The number of rotatable bonds is 5. The van der Waals surface area contributed by atoms with Crippen LogP contribution in [0.15, 0.2) is 21.3 Å². The van der Waals surface area contributed by atoms with Crippen LogP contribution in [0.2, 0.25) is 0 Å². The van der Waals surface area contributed by atoms with Crippen molar-refractivity contribution in [3.63, 3.8) is 0 Å². The van der Waals surface area contributed by atoms with Gasteiger partial charge in [-0.2, -0.15) is 4.98 Å². The third-order valence-corrected chi connectivity index (χ3v) is 3.85. The fourth-order valence-corrected chi connectivity index (χ4v) is 2.69. The van der Waals surface area contributed by atoms with Crippen molar-refractivity contribution in [1.29, 1.82) is 0 Å². The molecule has 1 aliphatic rings. The van der Waals surface area contributed by atoms with Gasteiger partial charge in [0.25, 0.3) is 0 Å². The standard InChI is InChI=1S/C11H14N6O2S/c1-2-19-8-7(12)9(14-5-13-8)20-11-16-15-10(18)17(11)6-3-4-6/h5-6H,2-4,12H2,1H3,(H,15,18). The molecule has 0 spiro atoms. The van der Waals surface area contributed by atoms with E-state index in [0.29, 0.717) is 28.4 Å². The van der Waals surface area contributed by atoms with E-state index < -0.39 is 0 Å². The summed E-state index contributed by atoms with van der Waals surface area (Å²) in [6, 6.07) is 0.234. The number of hydrogen-bond donors (Lipinski definition) is 2. The number of ether oxygens (including phenoxy) is 1. The fraction of sp³-hybridized carbons (Fsp3) is 0.455. The highest BCUT2D eigenvalue weighted by Crippen LogP contribution is 2.39. The van der Waals surface area contributed by atoms with Crippen LogP contribution in [0.25, 0.3) is 0 Å². The summed E-state index contributed by atoms with van der Waals surface area (Å²) < 4.78 is 6.97. The molecule has 3 N–H and O–H groups in total. The molecule has 106 valence electrons. The quantitative estimate of drug-likeness (QED) is 0.785. The first-order chi connectivity index (χ1) is 9.70. The third kappa shape index (κ3) is 2.36. The topological polar surface area (TPSA) is 112 Å². The summed E-state index contributed by atoms with van der Waals surface area (Å²) in [6.07, 6.45) is 3.38. The number of nitrogens with zero attached hydrogens (tertiary/aromatic N) is 4. The molecule has 0 amide bonds. The molecule has 20 heavy (non-hydrogen) atoms. The molecule has 0 radical (unpaired) electrons. The number of nitrogen functional groups attached to an aromatic ring is 1. The van der Waals surface area contributed by atoms with Crippen molar-refractivity contribution in [2.24, 2.45) is 0 Å². The lowest BCUT2D eigenvalue weighted by Crippen LogP contribution is -2.16. The summed E-state index contributed by atoms with van der Waals surface area (Å²) in [5.41, 5.74) is 6.13. The first-order valence-electron chi connectivity index (χ1n) is 6.28. The van der Waals surface area contributed by atoms with Gasteiger partial charge in [-0.3, -0.25) is 4.57 Å². The van der Waals surface area contributed by atoms with Crippen LogP contribution in [0.3, 0.4) is 0 Å². The molecular formula is C11H14N6O2S. The largest absolute Gasteiger partial charge is 0.476 e. The monoisotopic (exact) mass is 294 g/mol. The van der Waals surface area contributed by atoms with Crippen molar-refractivity contribution in [3.8, 4) is 5.88 Å². The molecule has 1 saturated carbocycles.